The van der Waals surface area contributed by atoms with E-state index in [1.165, 1.54) is 17.7 Å². The van der Waals surface area contributed by atoms with Crippen molar-refractivity contribution in [1.29, 1.82) is 0 Å². The number of hydrogen-bond donors (Lipinski definition) is 1. The molecule has 3 aromatic heterocycles. The Morgan fingerprint density at radius 1 is 1.21 bits per heavy atom. The van der Waals surface area contributed by atoms with Crippen LogP contribution in [0, 0.1) is 5.82 Å². The molecule has 8 nitrogen and oxygen atoms in total. The molecule has 0 spiro atoms. The van der Waals surface area contributed by atoms with Gasteiger partial charge in [-0.25, -0.2) is 14.4 Å². The minimum absolute atomic E-state index is 0.211. The Balaban J connectivity index is 1.37. The fourth-order valence-electron chi connectivity index (χ4n) is 4.10. The summed E-state index contributed by atoms with van der Waals surface area (Å²) < 4.78 is 25.6. The zero-order valence-corrected chi connectivity index (χ0v) is 19.1. The SMILES string of the molecule is COCCCNc1ncc(CN2CC=C(c3ccc(F)cc3)CC2)c2nc(-c3ccco3)nn12. The average molecular weight is 463 g/mol. The van der Waals surface area contributed by atoms with Gasteiger partial charge in [0.2, 0.25) is 11.8 Å². The molecule has 0 aliphatic carbocycles. The highest BCUT2D eigenvalue weighted by atomic mass is 19.1. The molecule has 0 fully saturated rings. The minimum Gasteiger partial charge on any atom is -0.461 e. The lowest BCUT2D eigenvalue weighted by Gasteiger charge is -2.26. The maximum Gasteiger partial charge on any atom is 0.225 e. The van der Waals surface area contributed by atoms with Crippen molar-refractivity contribution in [3.05, 3.63) is 71.9 Å². The molecule has 34 heavy (non-hydrogen) atoms. The van der Waals surface area contributed by atoms with Gasteiger partial charge in [0, 0.05) is 51.7 Å². The number of hydrogen-bond acceptors (Lipinski definition) is 7. The number of benzene rings is 1. The first-order chi connectivity index (χ1) is 16.7. The Morgan fingerprint density at radius 2 is 2.09 bits per heavy atom. The molecule has 4 aromatic rings. The molecule has 0 atom stereocenters. The van der Waals surface area contributed by atoms with Gasteiger partial charge >= 0.3 is 0 Å². The van der Waals surface area contributed by atoms with Crippen LogP contribution in [0.5, 0.6) is 0 Å². The molecular weight excluding hydrogens is 435 g/mol. The number of ether oxygens (including phenoxy) is 1. The van der Waals surface area contributed by atoms with E-state index in [0.29, 0.717) is 37.2 Å². The molecule has 1 aromatic carbocycles. The van der Waals surface area contributed by atoms with Crippen LogP contribution >= 0.6 is 0 Å². The standard InChI is InChI=1S/C25H27FN6O2/c1-33-14-3-11-27-25-28-16-20(24-29-23(30-32(24)25)22-4-2-15-34-22)17-31-12-9-19(10-13-31)18-5-7-21(26)8-6-18/h2,4-9,15-16H,3,10-14,17H2,1H3,(H,27,28). The average Bonchev–Trinajstić information content (AvgIpc) is 3.55. The normalized spacial score (nSPS) is 14.5. The quantitative estimate of drug-likeness (QED) is 0.372. The molecule has 0 bridgehead atoms. The Kier molecular flexibility index (Phi) is 6.64. The van der Waals surface area contributed by atoms with Gasteiger partial charge in [0.05, 0.1) is 6.26 Å². The Bertz CT molecular complexity index is 1270. The highest BCUT2D eigenvalue weighted by Crippen LogP contribution is 2.25. The third kappa shape index (κ3) is 4.85. The van der Waals surface area contributed by atoms with Gasteiger partial charge in [-0.2, -0.15) is 4.52 Å². The van der Waals surface area contributed by atoms with Crippen molar-refractivity contribution in [3.63, 3.8) is 0 Å². The zero-order chi connectivity index (χ0) is 23.3. The summed E-state index contributed by atoms with van der Waals surface area (Å²) in [5.41, 5.74) is 4.07. The largest absolute Gasteiger partial charge is 0.461 e. The van der Waals surface area contributed by atoms with Gasteiger partial charge in [-0.3, -0.25) is 4.90 Å². The molecule has 0 saturated heterocycles. The number of rotatable bonds is 9. The maximum absolute atomic E-state index is 13.2. The third-order valence-corrected chi connectivity index (χ3v) is 5.89. The summed E-state index contributed by atoms with van der Waals surface area (Å²) in [4.78, 5) is 11.8. The van der Waals surface area contributed by atoms with E-state index in [9.17, 15) is 4.39 Å². The lowest BCUT2D eigenvalue weighted by Crippen LogP contribution is -2.28. The number of methoxy groups -OCH3 is 1. The van der Waals surface area contributed by atoms with Crippen LogP contribution in [-0.2, 0) is 11.3 Å². The van der Waals surface area contributed by atoms with E-state index < -0.39 is 0 Å². The van der Waals surface area contributed by atoms with E-state index in [4.69, 9.17) is 14.1 Å². The zero-order valence-electron chi connectivity index (χ0n) is 19.1. The van der Waals surface area contributed by atoms with Crippen LogP contribution in [0.15, 0.2) is 59.4 Å². The van der Waals surface area contributed by atoms with Crippen molar-refractivity contribution >= 4 is 17.2 Å². The van der Waals surface area contributed by atoms with Crippen molar-refractivity contribution in [3.8, 4) is 11.6 Å². The summed E-state index contributed by atoms with van der Waals surface area (Å²) in [7, 11) is 1.69. The lowest BCUT2D eigenvalue weighted by molar-refractivity contribution is 0.197. The molecule has 1 aliphatic heterocycles. The molecule has 176 valence electrons. The predicted molar refractivity (Wildman–Crippen MR) is 128 cm³/mol. The molecule has 4 heterocycles. The van der Waals surface area contributed by atoms with Gasteiger partial charge in [-0.15, -0.1) is 5.10 Å². The number of fused-ring (bicyclic) bond motifs is 1. The van der Waals surface area contributed by atoms with E-state index in [1.54, 1.807) is 17.9 Å². The number of halogens is 1. The Morgan fingerprint density at radius 3 is 2.82 bits per heavy atom. The second-order valence-electron chi connectivity index (χ2n) is 8.25. The van der Waals surface area contributed by atoms with Crippen LogP contribution in [0.3, 0.4) is 0 Å². The van der Waals surface area contributed by atoms with Crippen LogP contribution in [-0.4, -0.2) is 57.8 Å². The fourth-order valence-corrected chi connectivity index (χ4v) is 4.10. The monoisotopic (exact) mass is 462 g/mol. The van der Waals surface area contributed by atoms with E-state index in [0.717, 1.165) is 42.7 Å². The smallest absolute Gasteiger partial charge is 0.225 e. The molecule has 1 N–H and O–H groups in total. The topological polar surface area (TPSA) is 80.7 Å². The first kappa shape index (κ1) is 22.2. The summed E-state index contributed by atoms with van der Waals surface area (Å²) in [5, 5.41) is 7.99. The molecule has 9 heteroatoms. The molecular formula is C25H27FN6O2. The van der Waals surface area contributed by atoms with Crippen LogP contribution < -0.4 is 5.32 Å². The van der Waals surface area contributed by atoms with E-state index in [1.807, 2.05) is 30.5 Å². The van der Waals surface area contributed by atoms with Crippen LogP contribution in [0.1, 0.15) is 24.0 Å². The predicted octanol–water partition coefficient (Wildman–Crippen LogP) is 4.26. The summed E-state index contributed by atoms with van der Waals surface area (Å²) >= 11 is 0. The van der Waals surface area contributed by atoms with Crippen molar-refractivity contribution in [1.82, 2.24) is 24.5 Å². The molecule has 0 unspecified atom stereocenters. The summed E-state index contributed by atoms with van der Waals surface area (Å²) in [6.07, 6.45) is 7.46. The maximum atomic E-state index is 13.2. The van der Waals surface area contributed by atoms with Crippen molar-refractivity contribution in [2.75, 3.05) is 38.7 Å². The van der Waals surface area contributed by atoms with Gasteiger partial charge in [-0.1, -0.05) is 18.2 Å². The number of aromatic nitrogens is 4. The van der Waals surface area contributed by atoms with Gasteiger partial charge in [0.15, 0.2) is 11.4 Å². The second kappa shape index (κ2) is 10.1. The first-order valence-corrected chi connectivity index (χ1v) is 11.4. The summed E-state index contributed by atoms with van der Waals surface area (Å²) in [6, 6.07) is 10.4. The van der Waals surface area contributed by atoms with E-state index in [2.05, 4.69) is 26.4 Å². The van der Waals surface area contributed by atoms with Crippen molar-refractivity contribution < 1.29 is 13.5 Å². The lowest BCUT2D eigenvalue weighted by atomic mass is 9.99. The van der Waals surface area contributed by atoms with Crippen LogP contribution in [0.4, 0.5) is 10.3 Å². The third-order valence-electron chi connectivity index (χ3n) is 5.89. The highest BCUT2D eigenvalue weighted by molar-refractivity contribution is 5.66. The van der Waals surface area contributed by atoms with Crippen molar-refractivity contribution in [2.45, 2.75) is 19.4 Å². The Hall–Kier alpha value is -3.56. The fraction of sp³-hybridized carbons (Fsp3) is 0.320. The van der Waals surface area contributed by atoms with Crippen LogP contribution in [0.2, 0.25) is 0 Å². The molecule has 0 saturated carbocycles. The van der Waals surface area contributed by atoms with Gasteiger partial charge in [0.25, 0.3) is 0 Å². The Labute approximate surface area is 197 Å². The highest BCUT2D eigenvalue weighted by Gasteiger charge is 2.19. The van der Waals surface area contributed by atoms with Gasteiger partial charge in [-0.05, 0) is 48.2 Å². The van der Waals surface area contributed by atoms with E-state index in [-0.39, 0.29) is 5.82 Å². The van der Waals surface area contributed by atoms with Gasteiger partial charge < -0.3 is 14.5 Å². The number of nitrogens with zero attached hydrogens (tertiary/aromatic N) is 5. The molecule has 1 aliphatic rings. The van der Waals surface area contributed by atoms with Gasteiger partial charge in [0.1, 0.15) is 5.82 Å². The molecule has 5 rings (SSSR count). The van der Waals surface area contributed by atoms with E-state index >= 15 is 0 Å². The number of anilines is 1. The second-order valence-corrected chi connectivity index (χ2v) is 8.25. The molecule has 0 radical (unpaired) electrons. The van der Waals surface area contributed by atoms with Crippen molar-refractivity contribution in [2.24, 2.45) is 0 Å². The number of nitrogens with one attached hydrogen (secondary N) is 1. The number of furan rings is 1. The molecule has 0 amide bonds. The summed E-state index contributed by atoms with van der Waals surface area (Å²) in [6.45, 7) is 3.78. The first-order valence-electron chi connectivity index (χ1n) is 11.4. The van der Waals surface area contributed by atoms with Crippen LogP contribution in [0.25, 0.3) is 22.8 Å². The minimum atomic E-state index is -0.211. The summed E-state index contributed by atoms with van der Waals surface area (Å²) in [5.74, 6) is 1.57.